The number of hydrogen-bond acceptors (Lipinski definition) is 4. The molecule has 0 aliphatic carbocycles. The van der Waals surface area contributed by atoms with E-state index in [4.69, 9.17) is 9.15 Å². The summed E-state index contributed by atoms with van der Waals surface area (Å²) >= 11 is 0. The number of amides is 2. The minimum absolute atomic E-state index is 0.166. The molecule has 0 atom stereocenters. The zero-order valence-corrected chi connectivity index (χ0v) is 13.9. The molecule has 0 spiro atoms. The SMILES string of the molecule is COCCCCNC(=O)c1ccc(C)c(NC(=O)c2ccco2)c1. The van der Waals surface area contributed by atoms with Crippen molar-refractivity contribution in [2.24, 2.45) is 0 Å². The summed E-state index contributed by atoms with van der Waals surface area (Å²) < 4.78 is 10.0. The largest absolute Gasteiger partial charge is 0.459 e. The molecule has 0 aliphatic rings. The fourth-order valence-corrected chi connectivity index (χ4v) is 2.16. The first-order valence-electron chi connectivity index (χ1n) is 7.84. The van der Waals surface area contributed by atoms with E-state index < -0.39 is 0 Å². The maximum atomic E-state index is 12.2. The number of furan rings is 1. The Kier molecular flexibility index (Phi) is 6.57. The Hall–Kier alpha value is -2.60. The molecule has 2 rings (SSSR count). The van der Waals surface area contributed by atoms with Crippen LogP contribution in [0.3, 0.4) is 0 Å². The first-order chi connectivity index (χ1) is 11.6. The number of carbonyl (C=O) groups excluding carboxylic acids is 2. The van der Waals surface area contributed by atoms with Gasteiger partial charge < -0.3 is 19.8 Å². The van der Waals surface area contributed by atoms with Crippen LogP contribution in [0.15, 0.2) is 41.0 Å². The van der Waals surface area contributed by atoms with Gasteiger partial charge in [-0.1, -0.05) is 6.07 Å². The summed E-state index contributed by atoms with van der Waals surface area (Å²) in [5.41, 5.74) is 1.96. The third kappa shape index (κ3) is 4.96. The Balaban J connectivity index is 1.97. The van der Waals surface area contributed by atoms with E-state index in [0.717, 1.165) is 18.4 Å². The lowest BCUT2D eigenvalue weighted by Gasteiger charge is -2.10. The van der Waals surface area contributed by atoms with Crippen molar-refractivity contribution < 1.29 is 18.7 Å². The molecule has 24 heavy (non-hydrogen) atoms. The maximum absolute atomic E-state index is 12.2. The highest BCUT2D eigenvalue weighted by molar-refractivity contribution is 6.03. The van der Waals surface area contributed by atoms with Crippen molar-refractivity contribution in [2.45, 2.75) is 19.8 Å². The van der Waals surface area contributed by atoms with Crippen molar-refractivity contribution in [2.75, 3.05) is 25.6 Å². The van der Waals surface area contributed by atoms with Crippen LogP contribution >= 0.6 is 0 Å². The van der Waals surface area contributed by atoms with Crippen LogP contribution in [0.4, 0.5) is 5.69 Å². The van der Waals surface area contributed by atoms with Gasteiger partial charge in [-0.3, -0.25) is 9.59 Å². The first kappa shape index (κ1) is 17.7. The Morgan fingerprint density at radius 3 is 2.71 bits per heavy atom. The predicted octanol–water partition coefficient (Wildman–Crippen LogP) is 3.00. The lowest BCUT2D eigenvalue weighted by atomic mass is 10.1. The molecule has 6 heteroatoms. The molecule has 128 valence electrons. The van der Waals surface area contributed by atoms with Crippen LogP contribution < -0.4 is 10.6 Å². The number of carbonyl (C=O) groups is 2. The van der Waals surface area contributed by atoms with E-state index in [1.54, 1.807) is 37.4 Å². The second-order valence-corrected chi connectivity index (χ2v) is 5.42. The average molecular weight is 330 g/mol. The number of benzene rings is 1. The summed E-state index contributed by atoms with van der Waals surface area (Å²) in [4.78, 5) is 24.2. The molecule has 1 aromatic heterocycles. The molecule has 0 saturated carbocycles. The number of anilines is 1. The summed E-state index contributed by atoms with van der Waals surface area (Å²) in [5, 5.41) is 5.62. The Bertz CT molecular complexity index is 680. The minimum Gasteiger partial charge on any atom is -0.459 e. The van der Waals surface area contributed by atoms with E-state index in [0.29, 0.717) is 24.4 Å². The van der Waals surface area contributed by atoms with Gasteiger partial charge in [-0.15, -0.1) is 0 Å². The Morgan fingerprint density at radius 1 is 1.17 bits per heavy atom. The molecule has 0 bridgehead atoms. The highest BCUT2D eigenvalue weighted by Crippen LogP contribution is 2.18. The molecular formula is C18H22N2O4. The third-order valence-corrected chi connectivity index (χ3v) is 3.55. The van der Waals surface area contributed by atoms with Crippen molar-refractivity contribution in [3.05, 3.63) is 53.5 Å². The highest BCUT2D eigenvalue weighted by atomic mass is 16.5. The molecule has 0 fully saturated rings. The van der Waals surface area contributed by atoms with Gasteiger partial charge in [0, 0.05) is 31.5 Å². The zero-order chi connectivity index (χ0) is 17.4. The molecule has 0 saturated heterocycles. The monoisotopic (exact) mass is 330 g/mol. The van der Waals surface area contributed by atoms with Crippen molar-refractivity contribution in [1.82, 2.24) is 5.32 Å². The Morgan fingerprint density at radius 2 is 2.00 bits per heavy atom. The highest BCUT2D eigenvalue weighted by Gasteiger charge is 2.12. The van der Waals surface area contributed by atoms with Gasteiger partial charge in [-0.05, 0) is 49.6 Å². The molecule has 2 amide bonds. The van der Waals surface area contributed by atoms with Crippen LogP contribution in [0.1, 0.15) is 39.3 Å². The zero-order valence-electron chi connectivity index (χ0n) is 13.9. The summed E-state index contributed by atoms with van der Waals surface area (Å²) in [6, 6.07) is 8.44. The molecule has 0 radical (unpaired) electrons. The number of hydrogen-bond donors (Lipinski definition) is 2. The van der Waals surface area contributed by atoms with Gasteiger partial charge >= 0.3 is 0 Å². The normalized spacial score (nSPS) is 10.4. The van der Waals surface area contributed by atoms with E-state index in [9.17, 15) is 9.59 Å². The molecule has 0 aliphatic heterocycles. The van der Waals surface area contributed by atoms with Gasteiger partial charge in [0.25, 0.3) is 11.8 Å². The molecular weight excluding hydrogens is 308 g/mol. The van der Waals surface area contributed by atoms with Crippen LogP contribution in [0, 0.1) is 6.92 Å². The summed E-state index contributed by atoms with van der Waals surface area (Å²) in [5.74, 6) is -0.288. The molecule has 6 nitrogen and oxygen atoms in total. The van der Waals surface area contributed by atoms with Crippen molar-refractivity contribution in [3.63, 3.8) is 0 Å². The average Bonchev–Trinajstić information content (AvgIpc) is 3.11. The molecule has 2 aromatic rings. The van der Waals surface area contributed by atoms with Gasteiger partial charge in [0.05, 0.1) is 6.26 Å². The first-order valence-corrected chi connectivity index (χ1v) is 7.84. The van der Waals surface area contributed by atoms with Crippen molar-refractivity contribution >= 4 is 17.5 Å². The second-order valence-electron chi connectivity index (χ2n) is 5.42. The molecule has 1 aromatic carbocycles. The smallest absolute Gasteiger partial charge is 0.291 e. The van der Waals surface area contributed by atoms with Crippen LogP contribution in [0.5, 0.6) is 0 Å². The number of unbranched alkanes of at least 4 members (excludes halogenated alkanes) is 1. The van der Waals surface area contributed by atoms with Gasteiger partial charge in [-0.2, -0.15) is 0 Å². The van der Waals surface area contributed by atoms with Gasteiger partial charge in [-0.25, -0.2) is 0 Å². The fourth-order valence-electron chi connectivity index (χ4n) is 2.16. The van der Waals surface area contributed by atoms with E-state index >= 15 is 0 Å². The summed E-state index contributed by atoms with van der Waals surface area (Å²) in [6.45, 7) is 3.14. The fraction of sp³-hybridized carbons (Fsp3) is 0.333. The Labute approximate surface area is 141 Å². The van der Waals surface area contributed by atoms with Crippen LogP contribution in [0.2, 0.25) is 0 Å². The van der Waals surface area contributed by atoms with Gasteiger partial charge in [0.2, 0.25) is 0 Å². The third-order valence-electron chi connectivity index (χ3n) is 3.55. The van der Waals surface area contributed by atoms with E-state index in [1.165, 1.54) is 6.26 Å². The lowest BCUT2D eigenvalue weighted by Crippen LogP contribution is -2.25. The summed E-state index contributed by atoms with van der Waals surface area (Å²) in [7, 11) is 1.66. The molecule has 1 heterocycles. The number of nitrogens with one attached hydrogen (secondary N) is 2. The minimum atomic E-state index is -0.347. The van der Waals surface area contributed by atoms with Crippen LogP contribution in [-0.4, -0.2) is 32.1 Å². The number of methoxy groups -OCH3 is 1. The number of rotatable bonds is 8. The van der Waals surface area contributed by atoms with E-state index in [-0.39, 0.29) is 17.6 Å². The van der Waals surface area contributed by atoms with Crippen LogP contribution in [0.25, 0.3) is 0 Å². The van der Waals surface area contributed by atoms with Gasteiger partial charge in [0.1, 0.15) is 0 Å². The lowest BCUT2D eigenvalue weighted by molar-refractivity contribution is 0.0949. The maximum Gasteiger partial charge on any atom is 0.291 e. The molecule has 0 unspecified atom stereocenters. The molecule has 2 N–H and O–H groups in total. The van der Waals surface area contributed by atoms with Crippen molar-refractivity contribution in [3.8, 4) is 0 Å². The standard InChI is InChI=1S/C18H22N2O4/c1-13-7-8-14(17(21)19-9-3-4-10-23-2)12-15(13)20-18(22)16-6-5-11-24-16/h5-8,11-12H,3-4,9-10H2,1-2H3,(H,19,21)(H,20,22). The van der Waals surface area contributed by atoms with Crippen LogP contribution in [-0.2, 0) is 4.74 Å². The predicted molar refractivity (Wildman–Crippen MR) is 91.3 cm³/mol. The van der Waals surface area contributed by atoms with Crippen molar-refractivity contribution in [1.29, 1.82) is 0 Å². The number of ether oxygens (including phenoxy) is 1. The quantitative estimate of drug-likeness (QED) is 0.729. The van der Waals surface area contributed by atoms with E-state index in [1.807, 2.05) is 6.92 Å². The number of aryl methyl sites for hydroxylation is 1. The van der Waals surface area contributed by atoms with E-state index in [2.05, 4.69) is 10.6 Å². The second kappa shape index (κ2) is 8.88. The summed E-state index contributed by atoms with van der Waals surface area (Å²) in [6.07, 6.45) is 3.19. The van der Waals surface area contributed by atoms with Gasteiger partial charge in [0.15, 0.2) is 5.76 Å². The topological polar surface area (TPSA) is 80.6 Å².